The highest BCUT2D eigenvalue weighted by molar-refractivity contribution is 8.00. The molecule has 0 radical (unpaired) electrons. The van der Waals surface area contributed by atoms with Crippen molar-refractivity contribution in [1.29, 1.82) is 0 Å². The molecule has 1 amide bonds. The maximum Gasteiger partial charge on any atom is 0.250 e. The van der Waals surface area contributed by atoms with E-state index in [2.05, 4.69) is 16.6 Å². The normalized spacial score (nSPS) is 16.9. The zero-order valence-electron chi connectivity index (χ0n) is 10.4. The van der Waals surface area contributed by atoms with Crippen LogP contribution in [0.4, 0.5) is 11.5 Å². The Balaban J connectivity index is 2.11. The Bertz CT molecular complexity index is 454. The third-order valence-electron chi connectivity index (χ3n) is 3.49. The van der Waals surface area contributed by atoms with Crippen LogP contribution >= 0.6 is 11.8 Å². The average Bonchev–Trinajstić information content (AvgIpc) is 2.29. The second-order valence-electron chi connectivity index (χ2n) is 4.61. The molecule has 0 bridgehead atoms. The van der Waals surface area contributed by atoms with Gasteiger partial charge in [0.1, 0.15) is 5.82 Å². The summed E-state index contributed by atoms with van der Waals surface area (Å²) in [6.07, 6.45) is 7.37. The van der Waals surface area contributed by atoms with E-state index < -0.39 is 5.91 Å². The number of hydrogen-bond acceptors (Lipinski definition) is 5. The summed E-state index contributed by atoms with van der Waals surface area (Å²) in [6.45, 7) is 0.819. The van der Waals surface area contributed by atoms with E-state index in [9.17, 15) is 4.79 Å². The Hall–Kier alpha value is -1.43. The van der Waals surface area contributed by atoms with E-state index in [0.29, 0.717) is 17.1 Å². The maximum absolute atomic E-state index is 11.3. The summed E-state index contributed by atoms with van der Waals surface area (Å²) in [5.41, 5.74) is 12.0. The summed E-state index contributed by atoms with van der Waals surface area (Å²) in [5, 5.41) is 3.28. The number of rotatable bonds is 5. The molecule has 0 aromatic carbocycles. The number of nitrogens with one attached hydrogen (secondary N) is 1. The molecule has 0 saturated heterocycles. The highest BCUT2D eigenvalue weighted by Gasteiger charge is 2.35. The minimum absolute atomic E-state index is 0.288. The fourth-order valence-electron chi connectivity index (χ4n) is 2.10. The van der Waals surface area contributed by atoms with Crippen LogP contribution in [0.1, 0.15) is 29.6 Å². The third-order valence-corrected chi connectivity index (χ3v) is 4.91. The van der Waals surface area contributed by atoms with Crippen molar-refractivity contribution in [1.82, 2.24) is 4.98 Å². The highest BCUT2D eigenvalue weighted by Crippen LogP contribution is 2.42. The molecule has 1 aromatic heterocycles. The van der Waals surface area contributed by atoms with Crippen molar-refractivity contribution in [2.45, 2.75) is 24.0 Å². The molecule has 1 saturated carbocycles. The Labute approximate surface area is 111 Å². The molecule has 1 heterocycles. The summed E-state index contributed by atoms with van der Waals surface area (Å²) >= 11 is 1.87. The third kappa shape index (κ3) is 2.53. The van der Waals surface area contributed by atoms with Crippen molar-refractivity contribution < 1.29 is 4.79 Å². The Kier molecular flexibility index (Phi) is 3.65. The first-order valence-corrected chi connectivity index (χ1v) is 7.13. The van der Waals surface area contributed by atoms with Crippen molar-refractivity contribution in [3.63, 3.8) is 0 Å². The quantitative estimate of drug-likeness (QED) is 0.750. The van der Waals surface area contributed by atoms with E-state index in [4.69, 9.17) is 11.5 Å². The molecule has 1 fully saturated rings. The van der Waals surface area contributed by atoms with Gasteiger partial charge in [0.15, 0.2) is 0 Å². The van der Waals surface area contributed by atoms with Crippen molar-refractivity contribution >= 4 is 29.2 Å². The van der Waals surface area contributed by atoms with E-state index in [1.165, 1.54) is 25.3 Å². The molecular weight excluding hydrogens is 248 g/mol. The fourth-order valence-corrected chi connectivity index (χ4v) is 3.01. The van der Waals surface area contributed by atoms with Gasteiger partial charge in [0.2, 0.25) is 0 Å². The minimum atomic E-state index is -0.488. The van der Waals surface area contributed by atoms with Crippen molar-refractivity contribution in [2.24, 2.45) is 5.73 Å². The van der Waals surface area contributed by atoms with Gasteiger partial charge in [0.25, 0.3) is 5.91 Å². The number of nitrogen functional groups attached to an aromatic ring is 1. The SMILES string of the molecule is CSC1(CNc2cnc(N)cc2C(N)=O)CCC1. The molecule has 2 rings (SSSR count). The van der Waals surface area contributed by atoms with Crippen LogP contribution in [-0.2, 0) is 0 Å². The van der Waals surface area contributed by atoms with Gasteiger partial charge < -0.3 is 16.8 Å². The first-order valence-electron chi connectivity index (χ1n) is 5.91. The zero-order valence-corrected chi connectivity index (χ0v) is 11.2. The summed E-state index contributed by atoms with van der Waals surface area (Å²) in [7, 11) is 0. The van der Waals surface area contributed by atoms with Crippen LogP contribution in [0.25, 0.3) is 0 Å². The van der Waals surface area contributed by atoms with Gasteiger partial charge in [-0.25, -0.2) is 4.98 Å². The van der Waals surface area contributed by atoms with Gasteiger partial charge in [-0.1, -0.05) is 6.42 Å². The van der Waals surface area contributed by atoms with E-state index >= 15 is 0 Å². The number of primary amides is 1. The molecule has 0 atom stereocenters. The molecule has 0 unspecified atom stereocenters. The van der Waals surface area contributed by atoms with Gasteiger partial charge in [-0.15, -0.1) is 0 Å². The van der Waals surface area contributed by atoms with Crippen LogP contribution in [0.15, 0.2) is 12.3 Å². The van der Waals surface area contributed by atoms with Crippen molar-refractivity contribution in [3.05, 3.63) is 17.8 Å². The lowest BCUT2D eigenvalue weighted by molar-refractivity contribution is 0.100. The first kappa shape index (κ1) is 13.0. The number of carbonyl (C=O) groups excluding carboxylic acids is 1. The topological polar surface area (TPSA) is 94.0 Å². The van der Waals surface area contributed by atoms with Gasteiger partial charge in [-0.3, -0.25) is 4.79 Å². The first-order chi connectivity index (χ1) is 8.56. The van der Waals surface area contributed by atoms with Gasteiger partial charge in [-0.05, 0) is 25.2 Å². The number of hydrogen-bond donors (Lipinski definition) is 3. The van der Waals surface area contributed by atoms with E-state index in [0.717, 1.165) is 6.54 Å². The summed E-state index contributed by atoms with van der Waals surface area (Å²) in [6, 6.07) is 1.51. The number of amides is 1. The second-order valence-corrected chi connectivity index (χ2v) is 5.89. The van der Waals surface area contributed by atoms with Crippen LogP contribution < -0.4 is 16.8 Å². The highest BCUT2D eigenvalue weighted by atomic mass is 32.2. The molecule has 18 heavy (non-hydrogen) atoms. The number of thioether (sulfide) groups is 1. The van der Waals surface area contributed by atoms with Crippen LogP contribution in [0.2, 0.25) is 0 Å². The number of nitrogens with zero attached hydrogens (tertiary/aromatic N) is 1. The number of carbonyl (C=O) groups is 1. The number of pyridine rings is 1. The minimum Gasteiger partial charge on any atom is -0.384 e. The fraction of sp³-hybridized carbons (Fsp3) is 0.500. The summed E-state index contributed by atoms with van der Waals surface area (Å²) in [5.74, 6) is -0.184. The summed E-state index contributed by atoms with van der Waals surface area (Å²) < 4.78 is 0.288. The smallest absolute Gasteiger partial charge is 0.250 e. The molecule has 98 valence electrons. The predicted octanol–water partition coefficient (Wildman–Crippen LogP) is 1.46. The summed E-state index contributed by atoms with van der Waals surface area (Å²) in [4.78, 5) is 15.3. The van der Waals surface area contributed by atoms with Crippen LogP contribution in [0, 0.1) is 0 Å². The maximum atomic E-state index is 11.3. The number of aromatic nitrogens is 1. The van der Waals surface area contributed by atoms with Gasteiger partial charge in [0.05, 0.1) is 17.4 Å². The standard InChI is InChI=1S/C12H18N4OS/c1-18-12(3-2-4-12)7-16-9-6-15-10(13)5-8(9)11(14)17/h5-6,16H,2-4,7H2,1H3,(H2,13,15)(H2,14,17). The lowest BCUT2D eigenvalue weighted by Crippen LogP contribution is -2.40. The molecule has 1 aromatic rings. The monoisotopic (exact) mass is 266 g/mol. The van der Waals surface area contributed by atoms with E-state index in [1.54, 1.807) is 6.20 Å². The molecule has 0 aliphatic heterocycles. The predicted molar refractivity (Wildman–Crippen MR) is 75.8 cm³/mol. The van der Waals surface area contributed by atoms with Crippen LogP contribution in [0.3, 0.4) is 0 Å². The van der Waals surface area contributed by atoms with Crippen LogP contribution in [-0.4, -0.2) is 28.4 Å². The van der Waals surface area contributed by atoms with Gasteiger partial charge in [0, 0.05) is 11.3 Å². The van der Waals surface area contributed by atoms with Gasteiger partial charge >= 0.3 is 0 Å². The molecular formula is C12H18N4OS. The van der Waals surface area contributed by atoms with Crippen molar-refractivity contribution in [2.75, 3.05) is 23.9 Å². The molecule has 1 aliphatic rings. The number of nitrogens with two attached hydrogens (primary N) is 2. The lowest BCUT2D eigenvalue weighted by Gasteiger charge is -2.40. The second kappa shape index (κ2) is 5.06. The molecule has 5 N–H and O–H groups in total. The number of anilines is 2. The Morgan fingerprint density at radius 1 is 1.61 bits per heavy atom. The molecule has 0 spiro atoms. The largest absolute Gasteiger partial charge is 0.384 e. The molecule has 1 aliphatic carbocycles. The zero-order chi connectivity index (χ0) is 13.2. The lowest BCUT2D eigenvalue weighted by atomic mass is 9.84. The van der Waals surface area contributed by atoms with Crippen molar-refractivity contribution in [3.8, 4) is 0 Å². The van der Waals surface area contributed by atoms with Gasteiger partial charge in [-0.2, -0.15) is 11.8 Å². The van der Waals surface area contributed by atoms with E-state index in [1.807, 2.05) is 11.8 Å². The molecule has 6 heteroatoms. The molecule has 5 nitrogen and oxygen atoms in total. The Morgan fingerprint density at radius 3 is 2.83 bits per heavy atom. The van der Waals surface area contributed by atoms with E-state index in [-0.39, 0.29) is 4.75 Å². The average molecular weight is 266 g/mol. The van der Waals surface area contributed by atoms with Crippen LogP contribution in [0.5, 0.6) is 0 Å². The Morgan fingerprint density at radius 2 is 2.33 bits per heavy atom.